The van der Waals surface area contributed by atoms with Gasteiger partial charge in [-0.1, -0.05) is 48.5 Å². The molecule has 0 spiro atoms. The number of thiophene rings is 1. The van der Waals surface area contributed by atoms with Crippen molar-refractivity contribution >= 4 is 11.3 Å². The van der Waals surface area contributed by atoms with E-state index in [2.05, 4.69) is 60.6 Å². The van der Waals surface area contributed by atoms with Gasteiger partial charge in [-0.05, 0) is 28.9 Å². The van der Waals surface area contributed by atoms with E-state index in [1.54, 1.807) is 0 Å². The third-order valence-corrected chi connectivity index (χ3v) is 4.79. The van der Waals surface area contributed by atoms with Crippen LogP contribution >= 0.6 is 11.3 Å². The summed E-state index contributed by atoms with van der Waals surface area (Å²) in [5.74, 6) is 0.638. The normalized spacial score (nSPS) is 15.4. The molecule has 0 amide bonds. The second-order valence-electron chi connectivity index (χ2n) is 6.54. The summed E-state index contributed by atoms with van der Waals surface area (Å²) in [6.07, 6.45) is 0. The second kappa shape index (κ2) is 3.93. The van der Waals surface area contributed by atoms with Crippen molar-refractivity contribution in [3.63, 3.8) is 0 Å². The van der Waals surface area contributed by atoms with Crippen LogP contribution in [0.15, 0.2) is 12.1 Å². The zero-order valence-electron chi connectivity index (χ0n) is 11.1. The summed E-state index contributed by atoms with van der Waals surface area (Å²) in [4.78, 5) is 3.01. The van der Waals surface area contributed by atoms with E-state index >= 15 is 0 Å². The summed E-state index contributed by atoms with van der Waals surface area (Å²) >= 11 is 1.97. The van der Waals surface area contributed by atoms with E-state index in [1.165, 1.54) is 9.75 Å². The fraction of sp³-hybridized carbons (Fsp3) is 0.714. The molecule has 1 aromatic heterocycles. The van der Waals surface area contributed by atoms with Crippen LogP contribution in [0, 0.1) is 5.41 Å². The van der Waals surface area contributed by atoms with Gasteiger partial charge in [0.25, 0.3) is 0 Å². The Morgan fingerprint density at radius 1 is 1.00 bits per heavy atom. The van der Waals surface area contributed by atoms with Gasteiger partial charge in [-0.2, -0.15) is 0 Å². The van der Waals surface area contributed by atoms with E-state index in [1.807, 2.05) is 11.3 Å². The molecule has 1 unspecified atom stereocenters. The van der Waals surface area contributed by atoms with Crippen LogP contribution in [-0.4, -0.2) is 0 Å². The van der Waals surface area contributed by atoms with Crippen LogP contribution in [0.4, 0.5) is 0 Å². The highest BCUT2D eigenvalue weighted by Gasteiger charge is 2.24. The van der Waals surface area contributed by atoms with Gasteiger partial charge in [-0.15, -0.1) is 11.3 Å². The lowest BCUT2D eigenvalue weighted by Crippen LogP contribution is -2.14. The molecule has 1 heteroatoms. The summed E-state index contributed by atoms with van der Waals surface area (Å²) in [6, 6.07) is 4.60. The van der Waals surface area contributed by atoms with Crippen molar-refractivity contribution in [2.75, 3.05) is 0 Å². The summed E-state index contributed by atoms with van der Waals surface area (Å²) in [5.41, 5.74) is 0.653. The predicted molar refractivity (Wildman–Crippen MR) is 70.9 cm³/mol. The number of rotatable bonds is 1. The molecule has 15 heavy (non-hydrogen) atoms. The van der Waals surface area contributed by atoms with Gasteiger partial charge in [0.05, 0.1) is 0 Å². The zero-order valence-corrected chi connectivity index (χ0v) is 12.0. The maximum Gasteiger partial charge on any atom is 0.0102 e. The van der Waals surface area contributed by atoms with Gasteiger partial charge >= 0.3 is 0 Å². The first-order chi connectivity index (χ1) is 6.62. The van der Waals surface area contributed by atoms with Crippen LogP contribution in [-0.2, 0) is 5.41 Å². The van der Waals surface area contributed by atoms with Crippen molar-refractivity contribution in [3.8, 4) is 0 Å². The molecular weight excluding hydrogens is 200 g/mol. The van der Waals surface area contributed by atoms with E-state index in [4.69, 9.17) is 0 Å². The summed E-state index contributed by atoms with van der Waals surface area (Å²) in [6.45, 7) is 16.1. The van der Waals surface area contributed by atoms with Crippen molar-refractivity contribution in [2.45, 2.75) is 59.8 Å². The van der Waals surface area contributed by atoms with Crippen molar-refractivity contribution in [1.82, 2.24) is 0 Å². The molecule has 0 fully saturated rings. The van der Waals surface area contributed by atoms with Crippen LogP contribution < -0.4 is 0 Å². The Balaban J connectivity index is 2.95. The maximum absolute atomic E-state index is 2.33. The minimum Gasteiger partial charge on any atom is -0.145 e. The Labute approximate surface area is 98.7 Å². The lowest BCUT2D eigenvalue weighted by Gasteiger charge is -2.26. The molecule has 0 aromatic carbocycles. The molecule has 1 heterocycles. The first kappa shape index (κ1) is 12.8. The fourth-order valence-electron chi connectivity index (χ4n) is 1.42. The van der Waals surface area contributed by atoms with Crippen LogP contribution in [0.3, 0.4) is 0 Å². The summed E-state index contributed by atoms with van der Waals surface area (Å²) in [7, 11) is 0. The Morgan fingerprint density at radius 2 is 1.53 bits per heavy atom. The van der Waals surface area contributed by atoms with Crippen LogP contribution in [0.5, 0.6) is 0 Å². The van der Waals surface area contributed by atoms with E-state index < -0.39 is 0 Å². The highest BCUT2D eigenvalue weighted by Crippen LogP contribution is 2.40. The summed E-state index contributed by atoms with van der Waals surface area (Å²) < 4.78 is 0. The molecule has 1 aromatic rings. The molecular formula is C14H24S. The number of hydrogen-bond acceptors (Lipinski definition) is 1. The van der Waals surface area contributed by atoms with Crippen LogP contribution in [0.1, 0.15) is 64.1 Å². The van der Waals surface area contributed by atoms with Crippen molar-refractivity contribution < 1.29 is 0 Å². The van der Waals surface area contributed by atoms with Crippen molar-refractivity contribution in [1.29, 1.82) is 0 Å². The Morgan fingerprint density at radius 3 is 1.87 bits per heavy atom. The maximum atomic E-state index is 2.33. The van der Waals surface area contributed by atoms with Gasteiger partial charge in [0, 0.05) is 9.75 Å². The Bertz CT molecular complexity index is 320. The van der Waals surface area contributed by atoms with Gasteiger partial charge < -0.3 is 0 Å². The smallest absolute Gasteiger partial charge is 0.0102 e. The molecule has 0 saturated carbocycles. The Kier molecular flexibility index (Phi) is 3.35. The lowest BCUT2D eigenvalue weighted by atomic mass is 9.81. The van der Waals surface area contributed by atoms with Gasteiger partial charge in [0.2, 0.25) is 0 Å². The third-order valence-electron chi connectivity index (χ3n) is 3.09. The van der Waals surface area contributed by atoms with Crippen LogP contribution in [0.2, 0.25) is 0 Å². The van der Waals surface area contributed by atoms with Crippen molar-refractivity contribution in [3.05, 3.63) is 21.9 Å². The topological polar surface area (TPSA) is 0 Å². The first-order valence-corrected chi connectivity index (χ1v) is 6.54. The Hall–Kier alpha value is -0.300. The zero-order chi connectivity index (χ0) is 11.9. The monoisotopic (exact) mass is 224 g/mol. The average molecular weight is 224 g/mol. The molecule has 0 aliphatic rings. The minimum atomic E-state index is 0.292. The average Bonchev–Trinajstić information content (AvgIpc) is 2.47. The highest BCUT2D eigenvalue weighted by atomic mass is 32.1. The van der Waals surface area contributed by atoms with E-state index in [0.29, 0.717) is 16.7 Å². The van der Waals surface area contributed by atoms with Crippen LogP contribution in [0.25, 0.3) is 0 Å². The SMILES string of the molecule is CC(c1ccc(C(C)(C)C)s1)C(C)(C)C. The molecule has 1 rings (SSSR count). The minimum absolute atomic E-state index is 0.292. The van der Waals surface area contributed by atoms with E-state index in [0.717, 1.165) is 0 Å². The second-order valence-corrected chi connectivity index (χ2v) is 7.66. The van der Waals surface area contributed by atoms with Gasteiger partial charge in [0.15, 0.2) is 0 Å². The molecule has 0 nitrogen and oxygen atoms in total. The first-order valence-electron chi connectivity index (χ1n) is 5.72. The molecule has 0 aliphatic carbocycles. The molecule has 0 N–H and O–H groups in total. The molecule has 0 bridgehead atoms. The lowest BCUT2D eigenvalue weighted by molar-refractivity contribution is 0.343. The van der Waals surface area contributed by atoms with Gasteiger partial charge in [-0.25, -0.2) is 0 Å². The quantitative estimate of drug-likeness (QED) is 0.615. The molecule has 0 radical (unpaired) electrons. The number of hydrogen-bond donors (Lipinski definition) is 0. The molecule has 0 saturated heterocycles. The molecule has 86 valence electrons. The largest absolute Gasteiger partial charge is 0.145 e. The molecule has 1 atom stereocenters. The van der Waals surface area contributed by atoms with Crippen molar-refractivity contribution in [2.24, 2.45) is 5.41 Å². The van der Waals surface area contributed by atoms with Gasteiger partial charge in [-0.3, -0.25) is 0 Å². The fourth-order valence-corrected chi connectivity index (χ4v) is 2.78. The third kappa shape index (κ3) is 3.07. The standard InChI is InChI=1S/C14H24S/c1-10(13(2,3)4)11-8-9-12(15-11)14(5,6)7/h8-10H,1-7H3. The van der Waals surface area contributed by atoms with Gasteiger partial charge in [0.1, 0.15) is 0 Å². The molecule has 0 aliphatic heterocycles. The predicted octanol–water partition coefficient (Wildman–Crippen LogP) is 5.20. The van der Waals surface area contributed by atoms with E-state index in [9.17, 15) is 0 Å². The van der Waals surface area contributed by atoms with E-state index in [-0.39, 0.29) is 0 Å². The highest BCUT2D eigenvalue weighted by molar-refractivity contribution is 7.12. The summed E-state index contributed by atoms with van der Waals surface area (Å²) in [5, 5.41) is 0.